The van der Waals surface area contributed by atoms with Gasteiger partial charge in [-0.15, -0.1) is 0 Å². The maximum absolute atomic E-state index is 13.5. The van der Waals surface area contributed by atoms with Gasteiger partial charge in [0.05, 0.1) is 0 Å². The fourth-order valence-electron chi connectivity index (χ4n) is 3.73. The molecule has 2 N–H and O–H groups in total. The summed E-state index contributed by atoms with van der Waals surface area (Å²) in [4.78, 5) is 51.0. The van der Waals surface area contributed by atoms with E-state index < -0.39 is 42.8 Å². The Bertz CT molecular complexity index is 1160. The van der Waals surface area contributed by atoms with Crippen LogP contribution in [0.15, 0.2) is 91.0 Å². The second-order valence-corrected chi connectivity index (χ2v) is 7.71. The van der Waals surface area contributed by atoms with Gasteiger partial charge in [0.25, 0.3) is 5.91 Å². The Balaban J connectivity index is 1.36. The number of carbonyl (C=O) groups is 4. The first-order valence-corrected chi connectivity index (χ1v) is 10.9. The standard InChI is InChI=1S/C26H23N3O6/c30-22(16-27-25(33)34-17-19-10-4-1-5-11-19)35-18-29-23(31)26(28-24(29)32,20-12-6-2-7-13-20)21-14-8-3-9-15-21/h1-15H,16-18H2,(H,27,33)(H,28,32). The molecule has 1 aliphatic rings. The number of imide groups is 1. The van der Waals surface area contributed by atoms with E-state index in [-0.39, 0.29) is 6.61 Å². The van der Waals surface area contributed by atoms with E-state index in [1.165, 1.54) is 0 Å². The highest BCUT2D eigenvalue weighted by molar-refractivity contribution is 6.09. The van der Waals surface area contributed by atoms with Gasteiger partial charge in [-0.1, -0.05) is 91.0 Å². The van der Waals surface area contributed by atoms with E-state index in [0.717, 1.165) is 10.5 Å². The molecule has 0 saturated carbocycles. The Morgan fingerprint density at radius 3 is 1.91 bits per heavy atom. The molecule has 3 aromatic carbocycles. The highest BCUT2D eigenvalue weighted by Crippen LogP contribution is 2.35. The molecule has 4 rings (SSSR count). The number of alkyl carbamates (subject to hydrolysis) is 1. The maximum atomic E-state index is 13.5. The molecule has 9 nitrogen and oxygen atoms in total. The van der Waals surface area contributed by atoms with Gasteiger partial charge in [0, 0.05) is 0 Å². The second kappa shape index (κ2) is 10.5. The molecule has 4 amide bonds. The number of ether oxygens (including phenoxy) is 2. The van der Waals surface area contributed by atoms with E-state index in [4.69, 9.17) is 9.47 Å². The van der Waals surface area contributed by atoms with Crippen LogP contribution in [0, 0.1) is 0 Å². The van der Waals surface area contributed by atoms with Crippen molar-refractivity contribution in [3.05, 3.63) is 108 Å². The number of hydrogen-bond donors (Lipinski definition) is 2. The quantitative estimate of drug-likeness (QED) is 0.384. The molecule has 0 atom stereocenters. The Morgan fingerprint density at radius 1 is 0.800 bits per heavy atom. The summed E-state index contributed by atoms with van der Waals surface area (Å²) in [6.45, 7) is -1.04. The van der Waals surface area contributed by atoms with E-state index in [0.29, 0.717) is 11.1 Å². The van der Waals surface area contributed by atoms with Gasteiger partial charge in [0.2, 0.25) is 0 Å². The van der Waals surface area contributed by atoms with Gasteiger partial charge in [0.1, 0.15) is 13.2 Å². The van der Waals surface area contributed by atoms with Crippen molar-refractivity contribution in [2.24, 2.45) is 0 Å². The highest BCUT2D eigenvalue weighted by atomic mass is 16.6. The zero-order valence-corrected chi connectivity index (χ0v) is 18.7. The van der Waals surface area contributed by atoms with Gasteiger partial charge < -0.3 is 20.1 Å². The lowest BCUT2D eigenvalue weighted by Gasteiger charge is -2.27. The summed E-state index contributed by atoms with van der Waals surface area (Å²) < 4.78 is 10.1. The van der Waals surface area contributed by atoms with Gasteiger partial charge in [-0.2, -0.15) is 0 Å². The Morgan fingerprint density at radius 2 is 1.34 bits per heavy atom. The molecular weight excluding hydrogens is 450 g/mol. The summed E-state index contributed by atoms with van der Waals surface area (Å²) in [6, 6.07) is 26.0. The van der Waals surface area contributed by atoms with Crippen LogP contribution in [0.4, 0.5) is 9.59 Å². The summed E-state index contributed by atoms with van der Waals surface area (Å²) in [6.07, 6.45) is -0.798. The molecule has 3 aromatic rings. The fraction of sp³-hybridized carbons (Fsp3) is 0.154. The van der Waals surface area contributed by atoms with Crippen LogP contribution in [0.1, 0.15) is 16.7 Å². The van der Waals surface area contributed by atoms with Gasteiger partial charge >= 0.3 is 18.1 Å². The topological polar surface area (TPSA) is 114 Å². The number of amides is 4. The van der Waals surface area contributed by atoms with Crippen molar-refractivity contribution in [3.8, 4) is 0 Å². The van der Waals surface area contributed by atoms with Crippen LogP contribution < -0.4 is 10.6 Å². The monoisotopic (exact) mass is 473 g/mol. The van der Waals surface area contributed by atoms with Crippen LogP contribution in [0.25, 0.3) is 0 Å². The molecule has 1 aliphatic heterocycles. The molecule has 0 bridgehead atoms. The molecule has 9 heteroatoms. The normalized spacial score (nSPS) is 14.2. The molecule has 1 fully saturated rings. The Hall–Kier alpha value is -4.66. The Kier molecular flexibility index (Phi) is 7.06. The molecule has 0 aliphatic carbocycles. The second-order valence-electron chi connectivity index (χ2n) is 7.71. The number of esters is 1. The average Bonchev–Trinajstić information content (AvgIpc) is 3.16. The maximum Gasteiger partial charge on any atom is 0.407 e. The fourth-order valence-corrected chi connectivity index (χ4v) is 3.73. The number of hydrogen-bond acceptors (Lipinski definition) is 6. The van der Waals surface area contributed by atoms with E-state index in [1.54, 1.807) is 72.8 Å². The van der Waals surface area contributed by atoms with Crippen molar-refractivity contribution in [3.63, 3.8) is 0 Å². The smallest absolute Gasteiger partial charge is 0.407 e. The van der Waals surface area contributed by atoms with E-state index in [9.17, 15) is 19.2 Å². The molecule has 0 unspecified atom stereocenters. The van der Waals surface area contributed by atoms with Crippen LogP contribution in [0.2, 0.25) is 0 Å². The number of carbonyl (C=O) groups excluding carboxylic acids is 4. The number of nitrogens with one attached hydrogen (secondary N) is 2. The lowest BCUT2D eigenvalue weighted by atomic mass is 9.83. The van der Waals surface area contributed by atoms with E-state index >= 15 is 0 Å². The first-order chi connectivity index (χ1) is 17.0. The first-order valence-electron chi connectivity index (χ1n) is 10.9. The van der Waals surface area contributed by atoms with Gasteiger partial charge in [0.15, 0.2) is 12.3 Å². The lowest BCUT2D eigenvalue weighted by molar-refractivity contribution is -0.149. The predicted molar refractivity (Wildman–Crippen MR) is 125 cm³/mol. The van der Waals surface area contributed by atoms with Crippen molar-refractivity contribution >= 4 is 24.0 Å². The van der Waals surface area contributed by atoms with Crippen molar-refractivity contribution < 1.29 is 28.7 Å². The first kappa shape index (κ1) is 23.5. The number of urea groups is 1. The van der Waals surface area contributed by atoms with Crippen LogP contribution in [0.3, 0.4) is 0 Å². The molecule has 0 aromatic heterocycles. The predicted octanol–water partition coefficient (Wildman–Crippen LogP) is 2.91. The van der Waals surface area contributed by atoms with E-state index in [1.807, 2.05) is 18.2 Å². The summed E-state index contributed by atoms with van der Waals surface area (Å²) in [5.74, 6) is -1.41. The molecule has 1 heterocycles. The van der Waals surface area contributed by atoms with Gasteiger partial charge in [-0.3, -0.25) is 9.59 Å². The third-order valence-electron chi connectivity index (χ3n) is 5.46. The summed E-state index contributed by atoms with van der Waals surface area (Å²) >= 11 is 0. The molecule has 0 spiro atoms. The minimum absolute atomic E-state index is 0.0469. The van der Waals surface area contributed by atoms with Crippen LogP contribution >= 0.6 is 0 Å². The number of rotatable bonds is 8. The minimum Gasteiger partial charge on any atom is -0.445 e. The van der Waals surface area contributed by atoms with Crippen molar-refractivity contribution in [1.82, 2.24) is 15.5 Å². The van der Waals surface area contributed by atoms with Crippen LogP contribution in [-0.2, 0) is 31.2 Å². The molecular formula is C26H23N3O6. The van der Waals surface area contributed by atoms with Crippen LogP contribution in [-0.4, -0.2) is 42.2 Å². The number of benzene rings is 3. The van der Waals surface area contributed by atoms with E-state index in [2.05, 4.69) is 10.6 Å². The molecule has 1 saturated heterocycles. The average molecular weight is 473 g/mol. The summed E-state index contributed by atoms with van der Waals surface area (Å²) in [7, 11) is 0. The minimum atomic E-state index is -1.45. The molecule has 0 radical (unpaired) electrons. The molecule has 35 heavy (non-hydrogen) atoms. The van der Waals surface area contributed by atoms with Gasteiger partial charge in [-0.25, -0.2) is 14.5 Å². The van der Waals surface area contributed by atoms with Crippen molar-refractivity contribution in [2.75, 3.05) is 13.3 Å². The third kappa shape index (κ3) is 5.14. The lowest BCUT2D eigenvalue weighted by Crippen LogP contribution is -2.45. The highest BCUT2D eigenvalue weighted by Gasteiger charge is 2.54. The molecule has 178 valence electrons. The zero-order chi connectivity index (χ0) is 24.7. The van der Waals surface area contributed by atoms with Crippen molar-refractivity contribution in [1.29, 1.82) is 0 Å². The number of nitrogens with zero attached hydrogens (tertiary/aromatic N) is 1. The SMILES string of the molecule is O=C(CNC(=O)OCc1ccccc1)OCN1C(=O)NC(c2ccccc2)(c2ccccc2)C1=O. The zero-order valence-electron chi connectivity index (χ0n) is 18.7. The summed E-state index contributed by atoms with van der Waals surface area (Å²) in [5.41, 5.74) is 0.484. The van der Waals surface area contributed by atoms with Crippen LogP contribution in [0.5, 0.6) is 0 Å². The van der Waals surface area contributed by atoms with Gasteiger partial charge in [-0.05, 0) is 16.7 Å². The van der Waals surface area contributed by atoms with Crippen molar-refractivity contribution in [2.45, 2.75) is 12.1 Å². The third-order valence-corrected chi connectivity index (χ3v) is 5.46. The Labute approximate surface area is 201 Å². The largest absolute Gasteiger partial charge is 0.445 e. The summed E-state index contributed by atoms with van der Waals surface area (Å²) in [5, 5.41) is 5.04.